The lowest BCUT2D eigenvalue weighted by molar-refractivity contribution is 0.0827. The summed E-state index contributed by atoms with van der Waals surface area (Å²) >= 11 is 0. The second-order valence-electron chi connectivity index (χ2n) is 8.94. The van der Waals surface area contributed by atoms with Crippen LogP contribution in [0.25, 0.3) is 5.52 Å². The Kier molecular flexibility index (Phi) is 6.81. The lowest BCUT2D eigenvalue weighted by Gasteiger charge is -2.25. The predicted molar refractivity (Wildman–Crippen MR) is 143 cm³/mol. The first-order valence-corrected chi connectivity index (χ1v) is 11.9. The summed E-state index contributed by atoms with van der Waals surface area (Å²) < 4.78 is 16.7. The van der Waals surface area contributed by atoms with Gasteiger partial charge in [0.05, 0.1) is 5.69 Å². The van der Waals surface area contributed by atoms with Crippen LogP contribution in [0.2, 0.25) is 0 Å². The predicted octanol–water partition coefficient (Wildman–Crippen LogP) is 5.52. The largest absolute Gasteiger partial charge is 0.346 e. The van der Waals surface area contributed by atoms with E-state index in [0.717, 1.165) is 22.5 Å². The molecule has 2 heterocycles. The van der Waals surface area contributed by atoms with Crippen molar-refractivity contribution in [3.8, 4) is 0 Å². The Morgan fingerprint density at radius 1 is 0.892 bits per heavy atom. The Bertz CT molecular complexity index is 1480. The Morgan fingerprint density at radius 2 is 1.54 bits per heavy atom. The van der Waals surface area contributed by atoms with Crippen molar-refractivity contribution < 1.29 is 9.18 Å². The molecule has 5 rings (SSSR count). The van der Waals surface area contributed by atoms with Crippen LogP contribution in [0, 0.1) is 5.82 Å². The number of halogens is 1. The van der Waals surface area contributed by atoms with Gasteiger partial charge in [0.1, 0.15) is 11.3 Å². The first-order chi connectivity index (χ1) is 18.0. The summed E-state index contributed by atoms with van der Waals surface area (Å²) in [7, 11) is 3.26. The van der Waals surface area contributed by atoms with Gasteiger partial charge in [0.2, 0.25) is 5.95 Å². The number of fused-ring (bicyclic) bond motifs is 1. The molecule has 0 saturated carbocycles. The molecular weight excluding hydrogens is 467 g/mol. The molecule has 8 heteroatoms. The summed E-state index contributed by atoms with van der Waals surface area (Å²) in [5.74, 6) is 0.136. The molecule has 0 unspecified atom stereocenters. The second kappa shape index (κ2) is 10.5. The summed E-state index contributed by atoms with van der Waals surface area (Å²) in [4.78, 5) is 20.6. The standard InChI is InChI=1S/C29H27FN6O/c1-34(2)28(37)23-15-16-25(24(30)18-23)31-29-32-27(26-14-9-17-36(26)33-29)35(19-21-10-5-3-6-11-21)20-22-12-7-4-8-13-22/h3-18H,19-20H2,1-2H3,(H,31,33). The fourth-order valence-electron chi connectivity index (χ4n) is 4.15. The van der Waals surface area contributed by atoms with Crippen LogP contribution in [0.4, 0.5) is 21.8 Å². The number of nitrogens with one attached hydrogen (secondary N) is 1. The van der Waals surface area contributed by atoms with E-state index in [0.29, 0.717) is 13.1 Å². The molecule has 0 aliphatic carbocycles. The van der Waals surface area contributed by atoms with Crippen LogP contribution in [-0.2, 0) is 13.1 Å². The Balaban J connectivity index is 1.52. The first-order valence-electron chi connectivity index (χ1n) is 11.9. The van der Waals surface area contributed by atoms with Gasteiger partial charge in [-0.1, -0.05) is 60.7 Å². The van der Waals surface area contributed by atoms with E-state index >= 15 is 0 Å². The Labute approximate surface area is 214 Å². The summed E-state index contributed by atoms with van der Waals surface area (Å²) in [5.41, 5.74) is 3.58. The first kappa shape index (κ1) is 24.0. The van der Waals surface area contributed by atoms with Gasteiger partial charge in [0.15, 0.2) is 5.82 Å². The number of hydrogen-bond donors (Lipinski definition) is 1. The highest BCUT2D eigenvalue weighted by molar-refractivity contribution is 5.94. The molecule has 0 spiro atoms. The SMILES string of the molecule is CN(C)C(=O)c1ccc(Nc2nc(N(Cc3ccccc3)Cc3ccccc3)c3cccn3n2)c(F)c1. The summed E-state index contributed by atoms with van der Waals surface area (Å²) in [6.45, 7) is 1.26. The van der Waals surface area contributed by atoms with Crippen molar-refractivity contribution >= 4 is 28.9 Å². The molecule has 186 valence electrons. The molecule has 0 saturated heterocycles. The molecule has 1 amide bonds. The number of rotatable bonds is 8. The minimum Gasteiger partial charge on any atom is -0.346 e. The van der Waals surface area contributed by atoms with E-state index in [2.05, 4.69) is 39.6 Å². The molecule has 7 nitrogen and oxygen atoms in total. The van der Waals surface area contributed by atoms with Crippen molar-refractivity contribution in [2.24, 2.45) is 0 Å². The van der Waals surface area contributed by atoms with Crippen molar-refractivity contribution in [1.29, 1.82) is 0 Å². The Morgan fingerprint density at radius 3 is 2.14 bits per heavy atom. The van der Waals surface area contributed by atoms with E-state index in [1.165, 1.54) is 17.0 Å². The molecular formula is C29H27FN6O. The van der Waals surface area contributed by atoms with Crippen LogP contribution in [0.3, 0.4) is 0 Å². The van der Waals surface area contributed by atoms with E-state index in [1.54, 1.807) is 24.7 Å². The van der Waals surface area contributed by atoms with E-state index in [9.17, 15) is 9.18 Å². The molecule has 37 heavy (non-hydrogen) atoms. The maximum Gasteiger partial charge on any atom is 0.253 e. The lowest BCUT2D eigenvalue weighted by atomic mass is 10.1. The van der Waals surface area contributed by atoms with Crippen LogP contribution in [-0.4, -0.2) is 39.5 Å². The van der Waals surface area contributed by atoms with E-state index in [1.807, 2.05) is 54.7 Å². The van der Waals surface area contributed by atoms with Gasteiger partial charge in [0.25, 0.3) is 5.91 Å². The molecule has 0 aliphatic heterocycles. The van der Waals surface area contributed by atoms with Crippen LogP contribution < -0.4 is 10.2 Å². The molecule has 0 fully saturated rings. The molecule has 2 aromatic heterocycles. The van der Waals surface area contributed by atoms with Gasteiger partial charge in [-0.05, 0) is 41.5 Å². The van der Waals surface area contributed by atoms with Gasteiger partial charge in [-0.2, -0.15) is 4.98 Å². The molecule has 0 radical (unpaired) electrons. The summed E-state index contributed by atoms with van der Waals surface area (Å²) in [5, 5.41) is 7.54. The van der Waals surface area contributed by atoms with E-state index in [4.69, 9.17) is 4.98 Å². The number of carbonyl (C=O) groups is 1. The number of benzene rings is 3. The fraction of sp³-hybridized carbons (Fsp3) is 0.138. The monoisotopic (exact) mass is 494 g/mol. The van der Waals surface area contributed by atoms with Gasteiger partial charge in [-0.25, -0.2) is 8.91 Å². The average molecular weight is 495 g/mol. The highest BCUT2D eigenvalue weighted by atomic mass is 19.1. The number of amides is 1. The molecule has 5 aromatic rings. The maximum absolute atomic E-state index is 14.9. The number of anilines is 3. The maximum atomic E-state index is 14.9. The van der Waals surface area contributed by atoms with E-state index < -0.39 is 5.82 Å². The zero-order chi connectivity index (χ0) is 25.8. The third-order valence-electron chi connectivity index (χ3n) is 5.97. The van der Waals surface area contributed by atoms with Crippen molar-refractivity contribution in [3.05, 3.63) is 120 Å². The average Bonchev–Trinajstić information content (AvgIpc) is 3.38. The Hall–Kier alpha value is -4.72. The number of carbonyl (C=O) groups excluding carboxylic acids is 1. The van der Waals surface area contributed by atoms with Crippen molar-refractivity contribution in [1.82, 2.24) is 19.5 Å². The molecule has 3 aromatic carbocycles. The third-order valence-corrected chi connectivity index (χ3v) is 5.97. The molecule has 0 atom stereocenters. The quantitative estimate of drug-likeness (QED) is 0.308. The van der Waals surface area contributed by atoms with Gasteiger partial charge < -0.3 is 15.1 Å². The van der Waals surface area contributed by atoms with Crippen LogP contribution >= 0.6 is 0 Å². The second-order valence-corrected chi connectivity index (χ2v) is 8.94. The van der Waals surface area contributed by atoms with Crippen LogP contribution in [0.5, 0.6) is 0 Å². The van der Waals surface area contributed by atoms with Crippen LogP contribution in [0.15, 0.2) is 97.2 Å². The van der Waals surface area contributed by atoms with Crippen LogP contribution in [0.1, 0.15) is 21.5 Å². The number of hydrogen-bond acceptors (Lipinski definition) is 5. The minimum atomic E-state index is -0.559. The van der Waals surface area contributed by atoms with Crippen molar-refractivity contribution in [2.75, 3.05) is 24.3 Å². The zero-order valence-electron chi connectivity index (χ0n) is 20.7. The van der Waals surface area contributed by atoms with Gasteiger partial charge in [-0.15, -0.1) is 5.10 Å². The lowest BCUT2D eigenvalue weighted by Crippen LogP contribution is -2.24. The summed E-state index contributed by atoms with van der Waals surface area (Å²) in [6.07, 6.45) is 1.84. The summed E-state index contributed by atoms with van der Waals surface area (Å²) in [6, 6.07) is 28.6. The highest BCUT2D eigenvalue weighted by Crippen LogP contribution is 2.27. The fourth-order valence-corrected chi connectivity index (χ4v) is 4.15. The number of aromatic nitrogens is 3. The minimum absolute atomic E-state index is 0.186. The van der Waals surface area contributed by atoms with Gasteiger partial charge in [-0.3, -0.25) is 4.79 Å². The zero-order valence-corrected chi connectivity index (χ0v) is 20.7. The van der Waals surface area contributed by atoms with Crippen molar-refractivity contribution in [2.45, 2.75) is 13.1 Å². The molecule has 0 bridgehead atoms. The highest BCUT2D eigenvalue weighted by Gasteiger charge is 2.18. The molecule has 1 N–H and O–H groups in total. The van der Waals surface area contributed by atoms with E-state index in [-0.39, 0.29) is 23.1 Å². The molecule has 0 aliphatic rings. The third kappa shape index (κ3) is 5.43. The number of nitrogens with zero attached hydrogens (tertiary/aromatic N) is 5. The topological polar surface area (TPSA) is 65.8 Å². The smallest absolute Gasteiger partial charge is 0.253 e. The van der Waals surface area contributed by atoms with Gasteiger partial charge >= 0.3 is 0 Å². The van der Waals surface area contributed by atoms with Gasteiger partial charge in [0, 0.05) is 38.9 Å². The normalized spacial score (nSPS) is 10.9. The van der Waals surface area contributed by atoms with Crippen molar-refractivity contribution in [3.63, 3.8) is 0 Å².